The summed E-state index contributed by atoms with van der Waals surface area (Å²) in [4.78, 5) is 29.3. The molecule has 1 amide bonds. The average molecular weight is 405 g/mol. The van der Waals surface area contributed by atoms with Gasteiger partial charge in [-0.1, -0.05) is 41.7 Å². The molecule has 1 aliphatic heterocycles. The van der Waals surface area contributed by atoms with E-state index in [1.54, 1.807) is 12.1 Å². The summed E-state index contributed by atoms with van der Waals surface area (Å²) in [6.07, 6.45) is 1.75. The Balaban J connectivity index is 1.60. The number of carbonyl (C=O) groups excluding carboxylic acids is 1. The molecule has 4 rings (SSSR count). The van der Waals surface area contributed by atoms with Gasteiger partial charge >= 0.3 is 4.87 Å². The minimum Gasteiger partial charge on any atom is -0.493 e. The zero-order chi connectivity index (χ0) is 20.5. The molecule has 2 heterocycles. The molecular weight excluding hydrogens is 386 g/mol. The van der Waals surface area contributed by atoms with Crippen molar-refractivity contribution in [2.75, 3.05) is 5.32 Å². The predicted octanol–water partition coefficient (Wildman–Crippen LogP) is 4.21. The van der Waals surface area contributed by atoms with Crippen LogP contribution in [-0.2, 0) is 11.3 Å². The Morgan fingerprint density at radius 3 is 2.79 bits per heavy atom. The van der Waals surface area contributed by atoms with E-state index in [1.165, 1.54) is 0 Å². The van der Waals surface area contributed by atoms with Gasteiger partial charge in [0, 0.05) is 22.5 Å². The highest BCUT2D eigenvalue weighted by Crippen LogP contribution is 2.37. The van der Waals surface area contributed by atoms with Crippen LogP contribution in [0.25, 0.3) is 11.6 Å². The van der Waals surface area contributed by atoms with Crippen molar-refractivity contribution in [2.45, 2.75) is 20.4 Å². The number of aromatic hydroxyl groups is 1. The standard InChI is InChI=1S/C22H19N3O3S/c1-13-6-5-7-15(10-13)24-20(26)12-25-21(27)19(29-22(25)28)11-17-14(2)23-18-9-4-3-8-16(17)18/h3-11,27H,12H2,1-2H3,(H,24,26). The first kappa shape index (κ1) is 18.9. The lowest BCUT2D eigenvalue weighted by molar-refractivity contribution is -0.116. The Bertz CT molecular complexity index is 1230. The second-order valence-corrected chi connectivity index (χ2v) is 7.83. The predicted molar refractivity (Wildman–Crippen MR) is 117 cm³/mol. The number of fused-ring (bicyclic) bond motifs is 1. The molecule has 2 aromatic carbocycles. The van der Waals surface area contributed by atoms with Crippen molar-refractivity contribution in [1.82, 2.24) is 4.57 Å². The summed E-state index contributed by atoms with van der Waals surface area (Å²) in [6.45, 7) is 3.55. The molecule has 1 aliphatic rings. The van der Waals surface area contributed by atoms with Gasteiger partial charge in [-0.25, -0.2) is 0 Å². The Morgan fingerprint density at radius 1 is 1.21 bits per heavy atom. The topological polar surface area (TPSA) is 83.7 Å². The van der Waals surface area contributed by atoms with E-state index in [1.807, 2.05) is 56.3 Å². The molecule has 0 aliphatic carbocycles. The molecule has 146 valence electrons. The van der Waals surface area contributed by atoms with E-state index < -0.39 is 4.87 Å². The number of anilines is 1. The third kappa shape index (κ3) is 3.77. The number of hydrogen-bond donors (Lipinski definition) is 2. The molecule has 2 N–H and O–H groups in total. The summed E-state index contributed by atoms with van der Waals surface area (Å²) < 4.78 is 1.08. The van der Waals surface area contributed by atoms with E-state index in [9.17, 15) is 14.7 Å². The van der Waals surface area contributed by atoms with Crippen molar-refractivity contribution in [3.63, 3.8) is 0 Å². The molecule has 0 spiro atoms. The van der Waals surface area contributed by atoms with E-state index in [0.29, 0.717) is 10.6 Å². The van der Waals surface area contributed by atoms with E-state index in [-0.39, 0.29) is 18.3 Å². The summed E-state index contributed by atoms with van der Waals surface area (Å²) in [5.74, 6) is -0.599. The summed E-state index contributed by atoms with van der Waals surface area (Å²) in [6, 6.07) is 15.1. The van der Waals surface area contributed by atoms with Crippen LogP contribution >= 0.6 is 11.3 Å². The maximum atomic E-state index is 12.4. The molecule has 0 saturated heterocycles. The summed E-state index contributed by atoms with van der Waals surface area (Å²) >= 11 is 0.901. The second kappa shape index (κ2) is 7.52. The van der Waals surface area contributed by atoms with E-state index in [0.717, 1.165) is 44.0 Å². The number of aliphatic imine (C=N–C) groups is 1. The maximum Gasteiger partial charge on any atom is 0.311 e. The number of carbonyl (C=O) groups is 1. The van der Waals surface area contributed by atoms with Gasteiger partial charge in [0.2, 0.25) is 11.8 Å². The summed E-state index contributed by atoms with van der Waals surface area (Å²) in [5.41, 5.74) is 5.15. The van der Waals surface area contributed by atoms with Crippen molar-refractivity contribution in [2.24, 2.45) is 4.99 Å². The van der Waals surface area contributed by atoms with Crippen LogP contribution in [0.2, 0.25) is 0 Å². The van der Waals surface area contributed by atoms with E-state index in [4.69, 9.17) is 0 Å². The number of thiazole rings is 1. The highest BCUT2D eigenvalue weighted by Gasteiger charge is 2.20. The molecule has 0 atom stereocenters. The number of aryl methyl sites for hydroxylation is 1. The van der Waals surface area contributed by atoms with Crippen LogP contribution in [0.5, 0.6) is 5.88 Å². The van der Waals surface area contributed by atoms with E-state index >= 15 is 0 Å². The van der Waals surface area contributed by atoms with Gasteiger partial charge < -0.3 is 10.4 Å². The Labute approximate surface area is 171 Å². The monoisotopic (exact) mass is 405 g/mol. The Kier molecular flexibility index (Phi) is 4.90. The van der Waals surface area contributed by atoms with Gasteiger partial charge in [-0.3, -0.25) is 19.1 Å². The Morgan fingerprint density at radius 2 is 2.00 bits per heavy atom. The van der Waals surface area contributed by atoms with Crippen LogP contribution in [-0.4, -0.2) is 21.3 Å². The van der Waals surface area contributed by atoms with Crippen LogP contribution in [0.1, 0.15) is 22.9 Å². The molecule has 7 heteroatoms. The van der Waals surface area contributed by atoms with Gasteiger partial charge in [0.05, 0.1) is 10.6 Å². The summed E-state index contributed by atoms with van der Waals surface area (Å²) in [5, 5.41) is 13.3. The highest BCUT2D eigenvalue weighted by molar-refractivity contribution is 7.10. The second-order valence-electron chi connectivity index (χ2n) is 6.83. The van der Waals surface area contributed by atoms with Crippen LogP contribution in [0.3, 0.4) is 0 Å². The van der Waals surface area contributed by atoms with Crippen molar-refractivity contribution < 1.29 is 9.90 Å². The lowest BCUT2D eigenvalue weighted by Crippen LogP contribution is -2.24. The molecule has 0 radical (unpaired) electrons. The highest BCUT2D eigenvalue weighted by atomic mass is 32.1. The molecule has 0 fully saturated rings. The summed E-state index contributed by atoms with van der Waals surface area (Å²) in [7, 11) is 0. The van der Waals surface area contributed by atoms with Gasteiger partial charge in [-0.15, -0.1) is 0 Å². The van der Waals surface area contributed by atoms with Crippen molar-refractivity contribution in [3.8, 4) is 5.88 Å². The van der Waals surface area contributed by atoms with Crippen LogP contribution in [0.15, 0.2) is 58.3 Å². The van der Waals surface area contributed by atoms with Gasteiger partial charge in [0.25, 0.3) is 0 Å². The van der Waals surface area contributed by atoms with Crippen molar-refractivity contribution in [3.05, 3.63) is 74.2 Å². The fourth-order valence-electron chi connectivity index (χ4n) is 3.26. The maximum absolute atomic E-state index is 12.4. The number of rotatable bonds is 4. The first-order valence-electron chi connectivity index (χ1n) is 9.08. The zero-order valence-electron chi connectivity index (χ0n) is 16.0. The lowest BCUT2D eigenvalue weighted by atomic mass is 10.0. The fraction of sp³-hybridized carbons (Fsp3) is 0.136. The number of aromatic nitrogens is 1. The number of nitrogens with zero attached hydrogens (tertiary/aromatic N) is 2. The normalized spacial score (nSPS) is 14.0. The first-order chi connectivity index (χ1) is 13.9. The van der Waals surface area contributed by atoms with Crippen molar-refractivity contribution in [1.29, 1.82) is 0 Å². The fourth-order valence-corrected chi connectivity index (χ4v) is 4.09. The third-order valence-electron chi connectivity index (χ3n) is 4.64. The SMILES string of the molecule is CC1=Nc2ccccc2C1=Cc1sc(=O)n(CC(=O)Nc2cccc(C)c2)c1O. The average Bonchev–Trinajstić information content (AvgIpc) is 3.13. The Hall–Kier alpha value is -3.45. The first-order valence-corrected chi connectivity index (χ1v) is 9.90. The van der Waals surface area contributed by atoms with Gasteiger partial charge in [0.1, 0.15) is 6.54 Å². The minimum absolute atomic E-state index is 0.218. The number of nitrogens with one attached hydrogen (secondary N) is 1. The third-order valence-corrected chi connectivity index (χ3v) is 5.56. The zero-order valence-corrected chi connectivity index (χ0v) is 16.8. The molecule has 0 saturated carbocycles. The molecule has 29 heavy (non-hydrogen) atoms. The van der Waals surface area contributed by atoms with Gasteiger partial charge in [0.15, 0.2) is 0 Å². The number of hydrogen-bond acceptors (Lipinski definition) is 5. The molecule has 0 unspecified atom stereocenters. The van der Waals surface area contributed by atoms with Gasteiger partial charge in [-0.05, 0) is 43.7 Å². The quantitative estimate of drug-likeness (QED) is 0.682. The minimum atomic E-state index is -0.394. The number of para-hydroxylation sites is 1. The molecule has 3 aromatic rings. The van der Waals surface area contributed by atoms with Crippen LogP contribution in [0.4, 0.5) is 11.4 Å². The largest absolute Gasteiger partial charge is 0.493 e. The van der Waals surface area contributed by atoms with Gasteiger partial charge in [-0.2, -0.15) is 0 Å². The van der Waals surface area contributed by atoms with Crippen LogP contribution in [0, 0.1) is 6.92 Å². The smallest absolute Gasteiger partial charge is 0.311 e. The molecule has 1 aromatic heterocycles. The number of amides is 1. The van der Waals surface area contributed by atoms with E-state index in [2.05, 4.69) is 10.3 Å². The van der Waals surface area contributed by atoms with Crippen molar-refractivity contribution >= 4 is 46.0 Å². The van der Waals surface area contributed by atoms with Crippen LogP contribution < -0.4 is 10.2 Å². The molecule has 6 nitrogen and oxygen atoms in total. The molecule has 0 bridgehead atoms. The number of benzene rings is 2. The number of allylic oxidation sites excluding steroid dienone is 1. The lowest BCUT2D eigenvalue weighted by Gasteiger charge is -2.07. The molecular formula is C22H19N3O3S.